The Kier molecular flexibility index (Phi) is 227. The summed E-state index contributed by atoms with van der Waals surface area (Å²) in [5.41, 5.74) is 0. The van der Waals surface area contributed by atoms with Gasteiger partial charge in [0.05, 0.1) is 0 Å². The number of hydrogen-bond donors (Lipinski definition) is 3. The second-order valence-electron chi connectivity index (χ2n) is 0.714. The minimum atomic E-state index is -1.50. The smallest absolute Gasteiger partial charge is 0.291 e. The van der Waals surface area contributed by atoms with Gasteiger partial charge in [-0.1, -0.05) is 0 Å². The Morgan fingerprint density at radius 2 is 0.556 bits per heavy atom. The van der Waals surface area contributed by atoms with Crippen LogP contribution in [0, 0.1) is 30.3 Å². The molecule has 18 heteroatoms. The molecule has 0 aliphatic carbocycles. The maximum Gasteiger partial charge on any atom is 0.291 e. The van der Waals surface area contributed by atoms with Gasteiger partial charge in [-0.3, -0.25) is 0 Å². The van der Waals surface area contributed by atoms with Crippen LogP contribution in [0.5, 0.6) is 0 Å². The predicted octanol–water partition coefficient (Wildman–Crippen LogP) is -5.17. The van der Waals surface area contributed by atoms with E-state index in [1.807, 2.05) is 0 Å². The van der Waals surface area contributed by atoms with E-state index in [1.165, 1.54) is 0 Å². The molecule has 0 spiro atoms. The maximum absolute atomic E-state index is 8.36. The molecule has 0 heterocycles. The van der Waals surface area contributed by atoms with Gasteiger partial charge in [0.15, 0.2) is 0 Å². The van der Waals surface area contributed by atoms with Gasteiger partial charge in [0, 0.05) is 32.7 Å². The summed E-state index contributed by atoms with van der Waals surface area (Å²) in [6.45, 7) is 0. The largest absolute Gasteiger partial charge is 0.412 e. The summed E-state index contributed by atoms with van der Waals surface area (Å²) >= 11 is 0. The van der Waals surface area contributed by atoms with E-state index in [9.17, 15) is 0 Å². The number of rotatable bonds is 0. The average Bonchev–Trinajstić information content (AvgIpc) is 1.54. The van der Waals surface area contributed by atoms with E-state index in [0.717, 1.165) is 0 Å². The Bertz CT molecular complexity index is 115. The van der Waals surface area contributed by atoms with Crippen LogP contribution in [-0.2, 0) is 32.7 Å². The van der Waals surface area contributed by atoms with Crippen LogP contribution in [0.25, 0.3) is 0 Å². The third-order valence-corrected chi connectivity index (χ3v) is 0. The van der Waals surface area contributed by atoms with Gasteiger partial charge in [-0.05, 0) is 0 Å². The molecule has 0 rings (SSSR count). The molecular formula is H13N3O14Y. The molecule has 1 radical (unpaired) electrons. The first kappa shape index (κ1) is 70.5. The normalized spacial score (nSPS) is 4.00. The number of hydrogen-bond acceptors (Lipinski definition) is 6. The fourth-order valence-electron chi connectivity index (χ4n) is 0. The molecule has 0 aliphatic rings. The topological polar surface area (TPSA) is 348 Å². The van der Waals surface area contributed by atoms with Crippen LogP contribution in [0.2, 0.25) is 0 Å². The summed E-state index contributed by atoms with van der Waals surface area (Å²) in [6.07, 6.45) is 0. The van der Waals surface area contributed by atoms with Crippen molar-refractivity contribution in [3.63, 3.8) is 0 Å². The summed E-state index contributed by atoms with van der Waals surface area (Å²) in [4.78, 5) is 25.1. The van der Waals surface area contributed by atoms with E-state index in [1.54, 1.807) is 0 Å². The fraction of sp³-hybridized carbons (Fsp3) is 0. The molecule has 0 atom stereocenters. The SMILES string of the molecule is O.O.O.O.O.O=[N+]([O-])O.O=[N+]([O-])O.O=[N+]([O-])O.[Y]. The van der Waals surface area contributed by atoms with Crippen molar-refractivity contribution in [1.82, 2.24) is 0 Å². The van der Waals surface area contributed by atoms with Crippen LogP contribution in [0.3, 0.4) is 0 Å². The van der Waals surface area contributed by atoms with Crippen LogP contribution in [-0.4, -0.2) is 58.3 Å². The summed E-state index contributed by atoms with van der Waals surface area (Å²) in [5.74, 6) is 0. The van der Waals surface area contributed by atoms with Gasteiger partial charge < -0.3 is 43.0 Å². The first-order valence-electron chi connectivity index (χ1n) is 1.70. The summed E-state index contributed by atoms with van der Waals surface area (Å²) in [7, 11) is 0. The van der Waals surface area contributed by atoms with Gasteiger partial charge in [-0.15, -0.1) is 30.3 Å². The van der Waals surface area contributed by atoms with Crippen molar-refractivity contribution >= 4 is 0 Å². The predicted molar refractivity (Wildman–Crippen MR) is 44.4 cm³/mol. The second-order valence-corrected chi connectivity index (χ2v) is 0.714. The van der Waals surface area contributed by atoms with Crippen molar-refractivity contribution in [3.05, 3.63) is 30.3 Å². The molecule has 18 heavy (non-hydrogen) atoms. The molecule has 0 aromatic rings. The van der Waals surface area contributed by atoms with Crippen LogP contribution < -0.4 is 0 Å². The minimum Gasteiger partial charge on any atom is -0.412 e. The van der Waals surface area contributed by atoms with Crippen LogP contribution in [0.4, 0.5) is 0 Å². The molecule has 115 valence electrons. The summed E-state index contributed by atoms with van der Waals surface area (Å²) in [5, 5.41) is 40.9. The summed E-state index contributed by atoms with van der Waals surface area (Å²) in [6, 6.07) is 0. The van der Waals surface area contributed by atoms with Gasteiger partial charge >= 0.3 is 0 Å². The zero-order chi connectivity index (χ0) is 10.7. The van der Waals surface area contributed by atoms with Gasteiger partial charge in [-0.25, -0.2) is 0 Å². The van der Waals surface area contributed by atoms with E-state index in [2.05, 4.69) is 0 Å². The molecule has 0 unspecified atom stereocenters. The Labute approximate surface area is 121 Å². The third-order valence-electron chi connectivity index (χ3n) is 0. The Hall–Kier alpha value is -1.50. The molecule has 0 saturated heterocycles. The molecule has 0 saturated carbocycles. The van der Waals surface area contributed by atoms with Crippen LogP contribution >= 0.6 is 0 Å². The molecule has 0 aromatic heterocycles. The van der Waals surface area contributed by atoms with Crippen molar-refractivity contribution in [2.24, 2.45) is 0 Å². The van der Waals surface area contributed by atoms with Crippen LogP contribution in [0.15, 0.2) is 0 Å². The second kappa shape index (κ2) is 57.9. The number of nitrogens with zero attached hydrogens (tertiary/aromatic N) is 3. The van der Waals surface area contributed by atoms with E-state index in [0.29, 0.717) is 0 Å². The van der Waals surface area contributed by atoms with Crippen molar-refractivity contribution in [2.45, 2.75) is 0 Å². The minimum absolute atomic E-state index is 0. The van der Waals surface area contributed by atoms with Crippen molar-refractivity contribution in [2.75, 3.05) is 0 Å². The fourth-order valence-corrected chi connectivity index (χ4v) is 0. The zero-order valence-electron chi connectivity index (χ0n) is 8.21. The standard InChI is InChI=1S/3HNO3.5H2O.Y/c3*2-1(3)4;;;;;;/h3*(H,2,3,4);5*1H2;. The van der Waals surface area contributed by atoms with E-state index >= 15 is 0 Å². The van der Waals surface area contributed by atoms with E-state index in [-0.39, 0.29) is 60.1 Å². The van der Waals surface area contributed by atoms with Crippen molar-refractivity contribution < 1.29 is 91.0 Å². The van der Waals surface area contributed by atoms with Gasteiger partial charge in [0.25, 0.3) is 15.3 Å². The maximum atomic E-state index is 8.36. The van der Waals surface area contributed by atoms with Crippen LogP contribution in [0.1, 0.15) is 0 Å². The quantitative estimate of drug-likeness (QED) is 0.271. The Morgan fingerprint density at radius 3 is 0.556 bits per heavy atom. The average molecular weight is 368 g/mol. The Morgan fingerprint density at radius 1 is 0.556 bits per heavy atom. The van der Waals surface area contributed by atoms with Crippen molar-refractivity contribution in [3.8, 4) is 0 Å². The first-order chi connectivity index (χ1) is 5.20. The first-order valence-corrected chi connectivity index (χ1v) is 1.70. The van der Waals surface area contributed by atoms with Gasteiger partial charge in [0.1, 0.15) is 0 Å². The molecule has 0 aliphatic heterocycles. The van der Waals surface area contributed by atoms with E-state index < -0.39 is 15.3 Å². The molecule has 0 bridgehead atoms. The Balaban J connectivity index is -0.00000000827. The van der Waals surface area contributed by atoms with Gasteiger partial charge in [-0.2, -0.15) is 0 Å². The molecule has 0 aromatic carbocycles. The molecular weight excluding hydrogens is 355 g/mol. The third kappa shape index (κ3) is 1180. The van der Waals surface area contributed by atoms with Crippen molar-refractivity contribution in [1.29, 1.82) is 0 Å². The molecule has 13 N–H and O–H groups in total. The monoisotopic (exact) mass is 368 g/mol. The molecule has 0 fully saturated rings. The zero-order valence-corrected chi connectivity index (χ0v) is 11.0. The van der Waals surface area contributed by atoms with Gasteiger partial charge in [0.2, 0.25) is 0 Å². The molecule has 17 nitrogen and oxygen atoms in total. The van der Waals surface area contributed by atoms with E-state index in [4.69, 9.17) is 46.0 Å². The molecule has 0 amide bonds. The summed E-state index contributed by atoms with van der Waals surface area (Å²) < 4.78 is 0.